The molecule has 0 aromatic carbocycles. The second-order valence-corrected chi connectivity index (χ2v) is 2.77. The molecule has 0 aliphatic carbocycles. The SMILES string of the molecule is FC(F)=C(F)C(F)(F)OC(F)(F)OC(F)(F)C(F)(F)F. The van der Waals surface area contributed by atoms with Crippen LogP contribution < -0.4 is 0 Å². The van der Waals surface area contributed by atoms with Crippen molar-refractivity contribution < 1.29 is 62.2 Å². The van der Waals surface area contributed by atoms with Crippen molar-refractivity contribution >= 4 is 0 Å². The summed E-state index contributed by atoms with van der Waals surface area (Å²) in [4.78, 5) is 0. The van der Waals surface area contributed by atoms with Crippen molar-refractivity contribution in [3.8, 4) is 0 Å². The first kappa shape index (κ1) is 18.8. The highest BCUT2D eigenvalue weighted by atomic mass is 19.4. The summed E-state index contributed by atoms with van der Waals surface area (Å²) in [5, 5.41) is 0. The molecule has 120 valence electrons. The lowest BCUT2D eigenvalue weighted by Gasteiger charge is -2.26. The Hall–Kier alpha value is -1.18. The van der Waals surface area contributed by atoms with E-state index in [4.69, 9.17) is 0 Å². The van der Waals surface area contributed by atoms with Gasteiger partial charge in [0.15, 0.2) is 0 Å². The van der Waals surface area contributed by atoms with Gasteiger partial charge in [-0.2, -0.15) is 43.9 Å². The minimum atomic E-state index is -6.76. The zero-order valence-electron chi connectivity index (χ0n) is 8.35. The molecule has 0 aliphatic heterocycles. The number of alkyl halides is 9. The van der Waals surface area contributed by atoms with Crippen LogP contribution in [0.15, 0.2) is 11.9 Å². The van der Waals surface area contributed by atoms with Crippen LogP contribution in [0.3, 0.4) is 0 Å². The Morgan fingerprint density at radius 1 is 0.650 bits per heavy atom. The monoisotopic (exact) mass is 332 g/mol. The van der Waals surface area contributed by atoms with Crippen LogP contribution in [0.25, 0.3) is 0 Å². The predicted octanol–water partition coefficient (Wildman–Crippen LogP) is 4.40. The maximum Gasteiger partial charge on any atom is 0.495 e. The standard InChI is InChI=1S/C6F12O2/c7-1(2(8)9)3(10,11)19-6(17,18)20-5(15,16)4(12,13)14. The van der Waals surface area contributed by atoms with Crippen LogP contribution in [0.1, 0.15) is 0 Å². The minimum Gasteiger partial charge on any atom is -0.223 e. The molecular weight excluding hydrogens is 332 g/mol. The van der Waals surface area contributed by atoms with Gasteiger partial charge in [0.05, 0.1) is 0 Å². The van der Waals surface area contributed by atoms with Gasteiger partial charge in [0.1, 0.15) is 0 Å². The predicted molar refractivity (Wildman–Crippen MR) is 33.4 cm³/mol. The summed E-state index contributed by atoms with van der Waals surface area (Å²) in [6, 6.07) is 0. The molecule has 14 heteroatoms. The summed E-state index contributed by atoms with van der Waals surface area (Å²) in [6.07, 6.45) is -29.9. The van der Waals surface area contributed by atoms with Gasteiger partial charge in [0.2, 0.25) is 0 Å². The number of hydrogen-bond acceptors (Lipinski definition) is 2. The molecule has 0 N–H and O–H groups in total. The molecule has 0 radical (unpaired) electrons. The topological polar surface area (TPSA) is 18.5 Å². The van der Waals surface area contributed by atoms with Crippen LogP contribution in [-0.4, -0.2) is 24.7 Å². The Morgan fingerprint density at radius 2 is 1.05 bits per heavy atom. The normalized spacial score (nSPS) is 14.4. The summed E-state index contributed by atoms with van der Waals surface area (Å²) in [7, 11) is 0. The number of halogens is 12. The summed E-state index contributed by atoms with van der Waals surface area (Å²) in [5.74, 6) is -3.92. The lowest BCUT2D eigenvalue weighted by Crippen LogP contribution is -2.47. The fraction of sp³-hybridized carbons (Fsp3) is 0.667. The molecule has 0 spiro atoms. The summed E-state index contributed by atoms with van der Waals surface area (Å²) < 4.78 is 145. The van der Waals surface area contributed by atoms with Gasteiger partial charge >= 0.3 is 30.8 Å². The zero-order valence-corrected chi connectivity index (χ0v) is 8.35. The first-order valence-corrected chi connectivity index (χ1v) is 3.83. The van der Waals surface area contributed by atoms with E-state index >= 15 is 0 Å². The summed E-state index contributed by atoms with van der Waals surface area (Å²) in [5.41, 5.74) is 0. The van der Waals surface area contributed by atoms with Crippen molar-refractivity contribution in [1.82, 2.24) is 0 Å². The molecule has 20 heavy (non-hydrogen) atoms. The van der Waals surface area contributed by atoms with E-state index in [9.17, 15) is 52.7 Å². The molecule has 0 saturated heterocycles. The van der Waals surface area contributed by atoms with Gasteiger partial charge in [0.25, 0.3) is 5.83 Å². The number of hydrogen-bond donors (Lipinski definition) is 0. The van der Waals surface area contributed by atoms with Crippen molar-refractivity contribution in [3.63, 3.8) is 0 Å². The van der Waals surface area contributed by atoms with Crippen molar-refractivity contribution in [3.05, 3.63) is 11.9 Å². The second-order valence-electron chi connectivity index (χ2n) is 2.77. The van der Waals surface area contributed by atoms with Gasteiger partial charge < -0.3 is 0 Å². The molecule has 0 heterocycles. The maximum atomic E-state index is 12.2. The van der Waals surface area contributed by atoms with Gasteiger partial charge in [-0.25, -0.2) is 9.47 Å². The Morgan fingerprint density at radius 3 is 1.35 bits per heavy atom. The molecule has 0 saturated carbocycles. The van der Waals surface area contributed by atoms with E-state index in [2.05, 4.69) is 0 Å². The van der Waals surface area contributed by atoms with E-state index in [0.717, 1.165) is 0 Å². The van der Waals surface area contributed by atoms with E-state index in [1.54, 1.807) is 9.47 Å². The van der Waals surface area contributed by atoms with E-state index in [0.29, 0.717) is 0 Å². The highest BCUT2D eigenvalue weighted by Crippen LogP contribution is 2.43. The molecule has 0 amide bonds. The Bertz CT molecular complexity index is 378. The molecule has 0 aromatic rings. The molecular formula is C6F12O2. The largest absolute Gasteiger partial charge is 0.495 e. The highest BCUT2D eigenvalue weighted by Gasteiger charge is 2.66. The van der Waals surface area contributed by atoms with Gasteiger partial charge in [-0.05, 0) is 0 Å². The van der Waals surface area contributed by atoms with Gasteiger partial charge in [0, 0.05) is 0 Å². The lowest BCUT2D eigenvalue weighted by molar-refractivity contribution is -0.540. The van der Waals surface area contributed by atoms with Crippen LogP contribution in [-0.2, 0) is 9.47 Å². The van der Waals surface area contributed by atoms with E-state index in [1.165, 1.54) is 0 Å². The fourth-order valence-electron chi connectivity index (χ4n) is 0.532. The first-order valence-electron chi connectivity index (χ1n) is 3.83. The first-order chi connectivity index (χ1) is 8.52. The fourth-order valence-corrected chi connectivity index (χ4v) is 0.532. The molecule has 2 nitrogen and oxygen atoms in total. The second kappa shape index (κ2) is 5.31. The van der Waals surface area contributed by atoms with Crippen LogP contribution >= 0.6 is 0 Å². The molecule has 0 rings (SSSR count). The third-order valence-electron chi connectivity index (χ3n) is 1.25. The van der Waals surface area contributed by atoms with E-state index < -0.39 is 36.6 Å². The quantitative estimate of drug-likeness (QED) is 0.549. The Labute approximate surface area is 100 Å². The number of ether oxygens (including phenoxy) is 2. The van der Waals surface area contributed by atoms with E-state index in [-0.39, 0.29) is 0 Å². The molecule has 0 aliphatic rings. The average Bonchev–Trinajstić information content (AvgIpc) is 2.10. The molecule has 0 unspecified atom stereocenters. The lowest BCUT2D eigenvalue weighted by atomic mass is 10.5. The third kappa shape index (κ3) is 4.73. The molecule has 0 atom stereocenters. The van der Waals surface area contributed by atoms with Crippen LogP contribution in [0, 0.1) is 0 Å². The smallest absolute Gasteiger partial charge is 0.223 e. The molecule has 0 fully saturated rings. The van der Waals surface area contributed by atoms with Crippen LogP contribution in [0.2, 0.25) is 0 Å². The molecule has 0 aromatic heterocycles. The maximum absolute atomic E-state index is 12.2. The van der Waals surface area contributed by atoms with Gasteiger partial charge in [-0.3, -0.25) is 0 Å². The minimum absolute atomic E-state index is 1.63. The Balaban J connectivity index is 5.16. The van der Waals surface area contributed by atoms with Gasteiger partial charge in [-0.1, -0.05) is 0 Å². The van der Waals surface area contributed by atoms with E-state index in [1.807, 2.05) is 0 Å². The van der Waals surface area contributed by atoms with Crippen molar-refractivity contribution in [2.75, 3.05) is 0 Å². The highest BCUT2D eigenvalue weighted by molar-refractivity contribution is 4.99. The number of rotatable bonds is 5. The average molecular weight is 332 g/mol. The van der Waals surface area contributed by atoms with Crippen molar-refractivity contribution in [1.29, 1.82) is 0 Å². The summed E-state index contributed by atoms with van der Waals surface area (Å²) >= 11 is 0. The van der Waals surface area contributed by atoms with Crippen molar-refractivity contribution in [2.45, 2.75) is 24.7 Å². The van der Waals surface area contributed by atoms with Gasteiger partial charge in [-0.15, -0.1) is 8.78 Å². The summed E-state index contributed by atoms with van der Waals surface area (Å²) in [6.45, 7) is 0. The van der Waals surface area contributed by atoms with Crippen molar-refractivity contribution in [2.24, 2.45) is 0 Å². The third-order valence-corrected chi connectivity index (χ3v) is 1.25. The van der Waals surface area contributed by atoms with Crippen LogP contribution in [0.5, 0.6) is 0 Å². The zero-order chi connectivity index (χ0) is 16.6. The van der Waals surface area contributed by atoms with Crippen LogP contribution in [0.4, 0.5) is 52.7 Å². The molecule has 0 bridgehead atoms. The Kier molecular flexibility index (Phi) is 4.99.